The highest BCUT2D eigenvalue weighted by molar-refractivity contribution is 5.19. The molecule has 0 N–H and O–H groups in total. The first-order valence-electron chi connectivity index (χ1n) is 5.85. The maximum absolute atomic E-state index is 5.24. The SMILES string of the molecule is COC(C)/C=C/C1C(C)=CCCC1(C)C. The van der Waals surface area contributed by atoms with E-state index in [4.69, 9.17) is 4.74 Å². The fourth-order valence-corrected chi connectivity index (χ4v) is 2.33. The van der Waals surface area contributed by atoms with Crippen molar-refractivity contribution < 1.29 is 4.74 Å². The molecule has 1 rings (SSSR count). The number of rotatable bonds is 3. The lowest BCUT2D eigenvalue weighted by Gasteiger charge is -2.36. The molecule has 1 aliphatic carbocycles. The summed E-state index contributed by atoms with van der Waals surface area (Å²) in [6.45, 7) is 9.03. The van der Waals surface area contributed by atoms with Crippen molar-refractivity contribution in [1.82, 2.24) is 0 Å². The molecule has 0 aromatic rings. The molecule has 15 heavy (non-hydrogen) atoms. The molecule has 86 valence electrons. The normalized spacial score (nSPS) is 27.8. The molecule has 2 unspecified atom stereocenters. The van der Waals surface area contributed by atoms with Crippen molar-refractivity contribution in [3.8, 4) is 0 Å². The predicted octanol–water partition coefficient (Wildman–Crippen LogP) is 3.96. The molecule has 0 radical (unpaired) electrons. The van der Waals surface area contributed by atoms with Gasteiger partial charge in [0.1, 0.15) is 0 Å². The highest BCUT2D eigenvalue weighted by atomic mass is 16.5. The van der Waals surface area contributed by atoms with Crippen LogP contribution in [0.25, 0.3) is 0 Å². The second-order valence-corrected chi connectivity index (χ2v) is 5.28. The smallest absolute Gasteiger partial charge is 0.0724 e. The van der Waals surface area contributed by atoms with Crippen LogP contribution in [0.5, 0.6) is 0 Å². The third kappa shape index (κ3) is 3.20. The van der Waals surface area contributed by atoms with Crippen molar-refractivity contribution in [2.24, 2.45) is 11.3 Å². The Morgan fingerprint density at radius 2 is 2.20 bits per heavy atom. The summed E-state index contributed by atoms with van der Waals surface area (Å²) in [5.74, 6) is 0.573. The van der Waals surface area contributed by atoms with Crippen LogP contribution < -0.4 is 0 Å². The van der Waals surface area contributed by atoms with Crippen molar-refractivity contribution in [1.29, 1.82) is 0 Å². The monoisotopic (exact) mass is 208 g/mol. The van der Waals surface area contributed by atoms with Gasteiger partial charge in [0.05, 0.1) is 6.10 Å². The van der Waals surface area contributed by atoms with E-state index in [1.807, 2.05) is 0 Å². The molecule has 0 heterocycles. The Morgan fingerprint density at radius 1 is 1.53 bits per heavy atom. The standard InChI is InChI=1S/C14H24O/c1-11-7-6-10-14(3,4)13(11)9-8-12(2)15-5/h7-9,12-13H,6,10H2,1-5H3/b9-8+. The Labute approximate surface area is 94.2 Å². The van der Waals surface area contributed by atoms with Gasteiger partial charge in [-0.1, -0.05) is 37.6 Å². The summed E-state index contributed by atoms with van der Waals surface area (Å²) in [6.07, 6.45) is 9.59. The van der Waals surface area contributed by atoms with Crippen LogP contribution in [0.3, 0.4) is 0 Å². The number of hydrogen-bond acceptors (Lipinski definition) is 1. The van der Waals surface area contributed by atoms with E-state index in [0.717, 1.165) is 0 Å². The van der Waals surface area contributed by atoms with E-state index in [1.54, 1.807) is 7.11 Å². The predicted molar refractivity (Wildman–Crippen MR) is 65.9 cm³/mol. The summed E-state index contributed by atoms with van der Waals surface area (Å²) in [4.78, 5) is 0. The largest absolute Gasteiger partial charge is 0.378 e. The summed E-state index contributed by atoms with van der Waals surface area (Å²) >= 11 is 0. The highest BCUT2D eigenvalue weighted by Crippen LogP contribution is 2.41. The van der Waals surface area contributed by atoms with Crippen molar-refractivity contribution in [2.45, 2.75) is 46.6 Å². The van der Waals surface area contributed by atoms with Gasteiger partial charge in [-0.05, 0) is 32.1 Å². The van der Waals surface area contributed by atoms with Crippen LogP contribution in [0.15, 0.2) is 23.8 Å². The van der Waals surface area contributed by atoms with E-state index in [9.17, 15) is 0 Å². The summed E-state index contributed by atoms with van der Waals surface area (Å²) < 4.78 is 5.24. The van der Waals surface area contributed by atoms with Gasteiger partial charge < -0.3 is 4.74 Å². The number of hydrogen-bond donors (Lipinski definition) is 0. The van der Waals surface area contributed by atoms with E-state index in [1.165, 1.54) is 18.4 Å². The molecule has 0 spiro atoms. The Morgan fingerprint density at radius 3 is 2.73 bits per heavy atom. The molecule has 0 saturated heterocycles. The molecule has 0 aromatic carbocycles. The molecule has 0 bridgehead atoms. The van der Waals surface area contributed by atoms with Crippen LogP contribution in [-0.4, -0.2) is 13.2 Å². The molecule has 1 heteroatoms. The zero-order valence-electron chi connectivity index (χ0n) is 10.7. The van der Waals surface area contributed by atoms with E-state index in [-0.39, 0.29) is 6.10 Å². The van der Waals surface area contributed by atoms with E-state index in [0.29, 0.717) is 11.3 Å². The quantitative estimate of drug-likeness (QED) is 0.638. The van der Waals surface area contributed by atoms with Gasteiger partial charge in [-0.2, -0.15) is 0 Å². The summed E-state index contributed by atoms with van der Waals surface area (Å²) in [7, 11) is 1.75. The van der Waals surface area contributed by atoms with Crippen LogP contribution in [0.1, 0.15) is 40.5 Å². The molecule has 0 saturated carbocycles. The zero-order valence-corrected chi connectivity index (χ0v) is 10.7. The minimum atomic E-state index is 0.218. The van der Waals surface area contributed by atoms with Gasteiger partial charge >= 0.3 is 0 Å². The lowest BCUT2D eigenvalue weighted by atomic mass is 9.68. The average Bonchev–Trinajstić information content (AvgIpc) is 2.15. The minimum absolute atomic E-state index is 0.218. The lowest BCUT2D eigenvalue weighted by Crippen LogP contribution is -2.26. The first-order chi connectivity index (χ1) is 6.97. The summed E-state index contributed by atoms with van der Waals surface area (Å²) in [6, 6.07) is 0. The fraction of sp³-hybridized carbons (Fsp3) is 0.714. The molecule has 0 aromatic heterocycles. The van der Waals surface area contributed by atoms with E-state index >= 15 is 0 Å². The third-order valence-electron chi connectivity index (χ3n) is 3.53. The van der Waals surface area contributed by atoms with Crippen LogP contribution in [0, 0.1) is 11.3 Å². The molecular weight excluding hydrogens is 184 g/mol. The van der Waals surface area contributed by atoms with Crippen LogP contribution in [0.2, 0.25) is 0 Å². The van der Waals surface area contributed by atoms with Gasteiger partial charge in [-0.3, -0.25) is 0 Å². The summed E-state index contributed by atoms with van der Waals surface area (Å²) in [5, 5.41) is 0. The number of ether oxygens (including phenoxy) is 1. The number of allylic oxidation sites excluding steroid dienone is 3. The van der Waals surface area contributed by atoms with Gasteiger partial charge in [0.2, 0.25) is 0 Å². The second-order valence-electron chi connectivity index (χ2n) is 5.28. The van der Waals surface area contributed by atoms with E-state index < -0.39 is 0 Å². The van der Waals surface area contributed by atoms with Crippen molar-refractivity contribution >= 4 is 0 Å². The van der Waals surface area contributed by atoms with Gasteiger partial charge in [-0.25, -0.2) is 0 Å². The first kappa shape index (κ1) is 12.5. The van der Waals surface area contributed by atoms with Gasteiger partial charge in [0.15, 0.2) is 0 Å². The molecule has 1 nitrogen and oxygen atoms in total. The van der Waals surface area contributed by atoms with Crippen molar-refractivity contribution in [2.75, 3.05) is 7.11 Å². The Balaban J connectivity index is 2.76. The molecule has 0 fully saturated rings. The van der Waals surface area contributed by atoms with E-state index in [2.05, 4.69) is 45.9 Å². The molecule has 2 atom stereocenters. The van der Waals surface area contributed by atoms with Crippen molar-refractivity contribution in [3.05, 3.63) is 23.8 Å². The lowest BCUT2D eigenvalue weighted by molar-refractivity contribution is 0.155. The van der Waals surface area contributed by atoms with Crippen LogP contribution >= 0.6 is 0 Å². The average molecular weight is 208 g/mol. The Bertz CT molecular complexity index is 261. The zero-order chi connectivity index (χ0) is 11.5. The molecule has 0 amide bonds. The van der Waals surface area contributed by atoms with Gasteiger partial charge in [0, 0.05) is 13.0 Å². The fourth-order valence-electron chi connectivity index (χ4n) is 2.33. The second kappa shape index (κ2) is 4.98. The van der Waals surface area contributed by atoms with Gasteiger partial charge in [-0.15, -0.1) is 0 Å². The van der Waals surface area contributed by atoms with Crippen molar-refractivity contribution in [3.63, 3.8) is 0 Å². The third-order valence-corrected chi connectivity index (χ3v) is 3.53. The van der Waals surface area contributed by atoms with Crippen LogP contribution in [-0.2, 0) is 4.74 Å². The topological polar surface area (TPSA) is 9.23 Å². The highest BCUT2D eigenvalue weighted by Gasteiger charge is 2.30. The Kier molecular flexibility index (Phi) is 4.15. The maximum Gasteiger partial charge on any atom is 0.0724 e. The summed E-state index contributed by atoms with van der Waals surface area (Å²) in [5.41, 5.74) is 1.90. The molecule has 0 aliphatic heterocycles. The Hall–Kier alpha value is -0.560. The van der Waals surface area contributed by atoms with Gasteiger partial charge in [0.25, 0.3) is 0 Å². The van der Waals surface area contributed by atoms with Crippen LogP contribution in [0.4, 0.5) is 0 Å². The number of methoxy groups -OCH3 is 1. The minimum Gasteiger partial charge on any atom is -0.378 e. The molecule has 1 aliphatic rings. The maximum atomic E-state index is 5.24. The first-order valence-corrected chi connectivity index (χ1v) is 5.85. The molecular formula is C14H24O.